The van der Waals surface area contributed by atoms with Crippen LogP contribution in [0.2, 0.25) is 5.02 Å². The molecular formula is C16H16ClN3Si. The minimum atomic E-state index is -1.21. The molecule has 0 radical (unpaired) electrons. The van der Waals surface area contributed by atoms with Gasteiger partial charge in [0.15, 0.2) is 0 Å². The minimum absolute atomic E-state index is 0.785. The molecule has 106 valence electrons. The number of nitrogens with zero attached hydrogens (tertiary/aromatic N) is 3. The molecule has 1 aromatic heterocycles. The van der Waals surface area contributed by atoms with Gasteiger partial charge in [0.25, 0.3) is 0 Å². The van der Waals surface area contributed by atoms with Crippen molar-refractivity contribution in [2.24, 2.45) is 0 Å². The fourth-order valence-corrected chi connectivity index (χ4v) is 5.42. The molecule has 0 aliphatic heterocycles. The molecule has 0 bridgehead atoms. The van der Waals surface area contributed by atoms with Crippen molar-refractivity contribution in [2.45, 2.75) is 12.2 Å². The summed E-state index contributed by atoms with van der Waals surface area (Å²) < 4.78 is 1.94. The highest BCUT2D eigenvalue weighted by molar-refractivity contribution is 6.71. The molecular weight excluding hydrogens is 298 g/mol. The van der Waals surface area contributed by atoms with Crippen molar-refractivity contribution in [1.29, 1.82) is 0 Å². The molecule has 1 heterocycles. The largest absolute Gasteiger partial charge is 0.256 e. The second-order valence-corrected chi connectivity index (χ2v) is 8.33. The van der Waals surface area contributed by atoms with E-state index in [9.17, 15) is 0 Å². The van der Waals surface area contributed by atoms with Gasteiger partial charge in [0, 0.05) is 11.2 Å². The van der Waals surface area contributed by atoms with Gasteiger partial charge >= 0.3 is 0 Å². The zero-order valence-electron chi connectivity index (χ0n) is 11.6. The Balaban J connectivity index is 1.83. The minimum Gasteiger partial charge on any atom is -0.256 e. The highest BCUT2D eigenvalue weighted by atomic mass is 35.5. The Hall–Kier alpha value is -1.91. The normalized spacial score (nSPS) is 12.2. The monoisotopic (exact) mass is 313 g/mol. The maximum absolute atomic E-state index is 5.97. The Kier molecular flexibility index (Phi) is 4.48. The van der Waals surface area contributed by atoms with E-state index in [-0.39, 0.29) is 0 Å². The SMILES string of the molecule is Clc1ccc(C[SiH](Cn2cncn2)c2ccccc2)cc1. The third-order valence-corrected chi connectivity index (χ3v) is 6.90. The van der Waals surface area contributed by atoms with E-state index in [2.05, 4.69) is 52.5 Å². The van der Waals surface area contributed by atoms with E-state index in [4.69, 9.17) is 11.6 Å². The summed E-state index contributed by atoms with van der Waals surface area (Å²) >= 11 is 5.97. The lowest BCUT2D eigenvalue weighted by atomic mass is 10.2. The van der Waals surface area contributed by atoms with Crippen LogP contribution in [0.3, 0.4) is 0 Å². The molecule has 5 heteroatoms. The van der Waals surface area contributed by atoms with Gasteiger partial charge in [0.1, 0.15) is 12.7 Å². The molecule has 0 saturated heterocycles. The Morgan fingerprint density at radius 2 is 1.76 bits per heavy atom. The zero-order valence-corrected chi connectivity index (χ0v) is 13.5. The lowest BCUT2D eigenvalue weighted by Gasteiger charge is -2.16. The summed E-state index contributed by atoms with van der Waals surface area (Å²) in [6, 6.07) is 20.0. The van der Waals surface area contributed by atoms with E-state index in [0.29, 0.717) is 0 Å². The van der Waals surface area contributed by atoms with Crippen LogP contribution in [0.4, 0.5) is 0 Å². The van der Waals surface area contributed by atoms with Gasteiger partial charge in [-0.15, -0.1) is 0 Å². The summed E-state index contributed by atoms with van der Waals surface area (Å²) in [5.74, 6) is 0. The first-order valence-electron chi connectivity index (χ1n) is 6.93. The summed E-state index contributed by atoms with van der Waals surface area (Å²) in [7, 11) is -1.21. The molecule has 0 amide bonds. The van der Waals surface area contributed by atoms with Gasteiger partial charge in [-0.25, -0.2) is 4.98 Å². The van der Waals surface area contributed by atoms with Crippen LogP contribution in [0, 0.1) is 0 Å². The van der Waals surface area contributed by atoms with Crippen LogP contribution in [-0.4, -0.2) is 23.6 Å². The van der Waals surface area contributed by atoms with Crippen molar-refractivity contribution >= 4 is 25.6 Å². The number of aromatic nitrogens is 3. The molecule has 3 aromatic rings. The second-order valence-electron chi connectivity index (χ2n) is 5.06. The summed E-state index contributed by atoms with van der Waals surface area (Å²) in [5, 5.41) is 6.49. The molecule has 1 atom stereocenters. The summed E-state index contributed by atoms with van der Waals surface area (Å²) in [6.07, 6.45) is 4.34. The lowest BCUT2D eigenvalue weighted by Crippen LogP contribution is -2.37. The highest BCUT2D eigenvalue weighted by Crippen LogP contribution is 2.11. The van der Waals surface area contributed by atoms with Crippen molar-refractivity contribution in [2.75, 3.05) is 0 Å². The second kappa shape index (κ2) is 6.69. The average molecular weight is 314 g/mol. The topological polar surface area (TPSA) is 30.7 Å². The third kappa shape index (κ3) is 3.80. The van der Waals surface area contributed by atoms with E-state index >= 15 is 0 Å². The summed E-state index contributed by atoms with van der Waals surface area (Å²) in [6.45, 7) is 0. The van der Waals surface area contributed by atoms with Gasteiger partial charge in [-0.1, -0.05) is 64.8 Å². The first-order valence-corrected chi connectivity index (χ1v) is 9.52. The number of benzene rings is 2. The molecule has 1 unspecified atom stereocenters. The summed E-state index contributed by atoms with van der Waals surface area (Å²) in [4.78, 5) is 4.04. The number of hydrogen-bond acceptors (Lipinski definition) is 2. The Morgan fingerprint density at radius 1 is 1.00 bits per heavy atom. The first kappa shape index (κ1) is 14.0. The number of hydrogen-bond donors (Lipinski definition) is 0. The first-order chi connectivity index (χ1) is 10.3. The molecule has 0 saturated carbocycles. The third-order valence-electron chi connectivity index (χ3n) is 3.54. The van der Waals surface area contributed by atoms with Crippen molar-refractivity contribution in [3.8, 4) is 0 Å². The Bertz CT molecular complexity index is 669. The van der Waals surface area contributed by atoms with Crippen molar-refractivity contribution in [3.05, 3.63) is 77.8 Å². The molecule has 0 spiro atoms. The van der Waals surface area contributed by atoms with Crippen LogP contribution in [0.25, 0.3) is 0 Å². The predicted molar refractivity (Wildman–Crippen MR) is 88.4 cm³/mol. The maximum atomic E-state index is 5.97. The molecule has 0 N–H and O–H groups in total. The molecule has 0 fully saturated rings. The predicted octanol–water partition coefficient (Wildman–Crippen LogP) is 2.39. The van der Waals surface area contributed by atoms with Gasteiger partial charge in [0.05, 0.1) is 8.80 Å². The molecule has 0 aliphatic carbocycles. The van der Waals surface area contributed by atoms with Crippen LogP contribution >= 0.6 is 11.6 Å². The average Bonchev–Trinajstić information content (AvgIpc) is 3.03. The maximum Gasteiger partial charge on any atom is 0.137 e. The van der Waals surface area contributed by atoms with Crippen molar-refractivity contribution < 1.29 is 0 Å². The zero-order chi connectivity index (χ0) is 14.5. The molecule has 3 nitrogen and oxygen atoms in total. The van der Waals surface area contributed by atoms with Crippen LogP contribution in [0.1, 0.15) is 5.56 Å². The van der Waals surface area contributed by atoms with Crippen LogP contribution in [0.5, 0.6) is 0 Å². The van der Waals surface area contributed by atoms with E-state index in [1.54, 1.807) is 12.7 Å². The van der Waals surface area contributed by atoms with E-state index in [0.717, 1.165) is 17.2 Å². The Labute approximate surface area is 130 Å². The fraction of sp³-hybridized carbons (Fsp3) is 0.125. The van der Waals surface area contributed by atoms with Gasteiger partial charge in [-0.3, -0.25) is 4.68 Å². The van der Waals surface area contributed by atoms with Crippen LogP contribution in [-0.2, 0) is 12.2 Å². The van der Waals surface area contributed by atoms with Crippen molar-refractivity contribution in [3.63, 3.8) is 0 Å². The van der Waals surface area contributed by atoms with Crippen LogP contribution < -0.4 is 5.19 Å². The number of halogens is 1. The molecule has 3 rings (SSSR count). The van der Waals surface area contributed by atoms with E-state index in [1.807, 2.05) is 16.8 Å². The quantitative estimate of drug-likeness (QED) is 0.677. The highest BCUT2D eigenvalue weighted by Gasteiger charge is 2.15. The summed E-state index contributed by atoms with van der Waals surface area (Å²) in [5.41, 5.74) is 1.33. The van der Waals surface area contributed by atoms with Gasteiger partial charge < -0.3 is 0 Å². The lowest BCUT2D eigenvalue weighted by molar-refractivity contribution is 0.729. The Morgan fingerprint density at radius 3 is 2.43 bits per heavy atom. The van der Waals surface area contributed by atoms with Crippen molar-refractivity contribution in [1.82, 2.24) is 14.8 Å². The molecule has 21 heavy (non-hydrogen) atoms. The molecule has 0 aliphatic rings. The fourth-order valence-electron chi connectivity index (χ4n) is 2.47. The van der Waals surface area contributed by atoms with E-state index in [1.165, 1.54) is 10.8 Å². The molecule has 2 aromatic carbocycles. The van der Waals surface area contributed by atoms with Gasteiger partial charge in [-0.2, -0.15) is 5.10 Å². The standard InChI is InChI=1S/C16H16ClN3Si/c17-15-8-6-14(7-9-15)10-21(13-20-12-18-11-19-20)16-4-2-1-3-5-16/h1-9,11-12,21H,10,13H2. The van der Waals surface area contributed by atoms with E-state index < -0.39 is 8.80 Å². The smallest absolute Gasteiger partial charge is 0.137 e. The number of rotatable bonds is 5. The van der Waals surface area contributed by atoms with Gasteiger partial charge in [-0.05, 0) is 18.2 Å². The van der Waals surface area contributed by atoms with Gasteiger partial charge in [0.2, 0.25) is 0 Å². The van der Waals surface area contributed by atoms with Crippen LogP contribution in [0.15, 0.2) is 67.3 Å².